The van der Waals surface area contributed by atoms with E-state index in [1.165, 1.54) is 19.5 Å². The second kappa shape index (κ2) is 9.31. The van der Waals surface area contributed by atoms with Crippen molar-refractivity contribution in [3.05, 3.63) is 40.7 Å². The Morgan fingerprint density at radius 1 is 1.31 bits per heavy atom. The molecule has 32 heavy (non-hydrogen) atoms. The number of aliphatic hydroxyl groups excluding tert-OH is 1. The molecule has 0 spiro atoms. The summed E-state index contributed by atoms with van der Waals surface area (Å²) >= 11 is 6.93. The molecule has 0 bridgehead atoms. The van der Waals surface area contributed by atoms with E-state index >= 15 is 0 Å². The number of hydrogen-bond acceptors (Lipinski definition) is 9. The smallest absolute Gasteiger partial charge is 0.296 e. The van der Waals surface area contributed by atoms with Crippen LogP contribution in [0.2, 0.25) is 5.15 Å². The van der Waals surface area contributed by atoms with Crippen LogP contribution >= 0.6 is 22.9 Å². The summed E-state index contributed by atoms with van der Waals surface area (Å²) in [5.74, 6) is -1.26. The summed E-state index contributed by atoms with van der Waals surface area (Å²) in [7, 11) is 1.37. The number of aromatic nitrogens is 4. The predicted octanol–water partition coefficient (Wildman–Crippen LogP) is 3.65. The highest BCUT2D eigenvalue weighted by Gasteiger charge is 2.26. The number of ether oxygens (including phenoxy) is 2. The summed E-state index contributed by atoms with van der Waals surface area (Å²) < 4.78 is 25.8. The van der Waals surface area contributed by atoms with E-state index in [2.05, 4.69) is 25.5 Å². The average Bonchev–Trinajstić information content (AvgIpc) is 3.38. The average molecular weight is 480 g/mol. The first kappa shape index (κ1) is 22.3. The zero-order chi connectivity index (χ0) is 22.8. The van der Waals surface area contributed by atoms with Gasteiger partial charge >= 0.3 is 0 Å². The second-order valence-corrected chi connectivity index (χ2v) is 8.51. The molecule has 2 N–H and O–H groups in total. The van der Waals surface area contributed by atoms with E-state index in [-0.39, 0.29) is 50.1 Å². The molecule has 9 nitrogen and oxygen atoms in total. The third-order valence-corrected chi connectivity index (χ3v) is 5.96. The molecule has 3 heterocycles. The molecular weight excluding hydrogens is 461 g/mol. The molecule has 1 saturated carbocycles. The molecule has 0 aromatic carbocycles. The van der Waals surface area contributed by atoms with Crippen molar-refractivity contribution >= 4 is 34.0 Å². The number of aliphatic hydroxyl groups is 1. The number of methoxy groups -OCH3 is 1. The van der Waals surface area contributed by atoms with Gasteiger partial charge in [-0.2, -0.15) is 0 Å². The Hall–Kier alpha value is -2.89. The Morgan fingerprint density at radius 3 is 2.84 bits per heavy atom. The molecule has 3 aromatic heterocycles. The van der Waals surface area contributed by atoms with Gasteiger partial charge in [-0.25, -0.2) is 9.37 Å². The standard InChI is InChI=1S/C20H19ClFN5O4S/c1-9-5-12(15-14(30-2)8-24-17(21)16(15)22)13(7-23-9)18(29)25-19-26-27-20(32-19)31-11-4-3-10(28)6-11/h5,7-8,10-11,28H,3-4,6H2,1-2H3,(H,25,26,29)/t10-,11+/m0/s1. The van der Waals surface area contributed by atoms with E-state index in [0.717, 1.165) is 17.8 Å². The minimum absolute atomic E-state index is 0.00391. The number of aryl methyl sites for hydroxylation is 1. The highest BCUT2D eigenvalue weighted by atomic mass is 35.5. The summed E-state index contributed by atoms with van der Waals surface area (Å²) in [6.07, 6.45) is 4.04. The van der Waals surface area contributed by atoms with Crippen LogP contribution in [0.1, 0.15) is 35.3 Å². The summed E-state index contributed by atoms with van der Waals surface area (Å²) in [4.78, 5) is 20.9. The van der Waals surface area contributed by atoms with Crippen LogP contribution in [0.25, 0.3) is 11.1 Å². The molecule has 168 valence electrons. The number of pyridine rings is 2. The molecule has 0 radical (unpaired) electrons. The fraction of sp³-hybridized carbons (Fsp3) is 0.350. The minimum Gasteiger partial charge on any atom is -0.494 e. The highest BCUT2D eigenvalue weighted by Crippen LogP contribution is 2.37. The maximum absolute atomic E-state index is 14.9. The van der Waals surface area contributed by atoms with Gasteiger partial charge in [0.05, 0.1) is 30.5 Å². The molecule has 0 aliphatic heterocycles. The van der Waals surface area contributed by atoms with E-state index < -0.39 is 11.7 Å². The second-order valence-electron chi connectivity index (χ2n) is 7.21. The number of hydrogen-bond donors (Lipinski definition) is 2. The Balaban J connectivity index is 1.60. The maximum atomic E-state index is 14.9. The van der Waals surface area contributed by atoms with Crippen LogP contribution in [-0.2, 0) is 0 Å². The van der Waals surface area contributed by atoms with Crippen molar-refractivity contribution in [2.24, 2.45) is 0 Å². The fourth-order valence-corrected chi connectivity index (χ4v) is 4.24. The third kappa shape index (κ3) is 4.64. The summed E-state index contributed by atoms with van der Waals surface area (Å²) in [5, 5.41) is 20.3. The van der Waals surface area contributed by atoms with Crippen LogP contribution in [-0.4, -0.2) is 50.5 Å². The molecule has 1 aliphatic rings. The number of nitrogens with one attached hydrogen (secondary N) is 1. The van der Waals surface area contributed by atoms with Gasteiger partial charge in [0, 0.05) is 23.9 Å². The summed E-state index contributed by atoms with van der Waals surface area (Å²) in [6, 6.07) is 1.56. The lowest BCUT2D eigenvalue weighted by Crippen LogP contribution is -2.14. The van der Waals surface area contributed by atoms with Crippen molar-refractivity contribution in [3.8, 4) is 22.1 Å². The highest BCUT2D eigenvalue weighted by molar-refractivity contribution is 7.17. The number of rotatable bonds is 6. The number of carbonyl (C=O) groups is 1. The van der Waals surface area contributed by atoms with Crippen molar-refractivity contribution in [3.63, 3.8) is 0 Å². The summed E-state index contributed by atoms with van der Waals surface area (Å²) in [6.45, 7) is 1.71. The van der Waals surface area contributed by atoms with Crippen molar-refractivity contribution < 1.29 is 23.8 Å². The lowest BCUT2D eigenvalue weighted by atomic mass is 10.00. The van der Waals surface area contributed by atoms with Crippen LogP contribution in [0.15, 0.2) is 18.5 Å². The Kier molecular flexibility index (Phi) is 6.49. The molecule has 0 saturated heterocycles. The molecule has 1 amide bonds. The molecule has 1 aliphatic carbocycles. The fourth-order valence-electron chi connectivity index (χ4n) is 3.44. The first-order valence-corrected chi connectivity index (χ1v) is 10.9. The Labute approximate surface area is 191 Å². The van der Waals surface area contributed by atoms with E-state index in [0.29, 0.717) is 18.5 Å². The number of nitrogens with zero attached hydrogens (tertiary/aromatic N) is 4. The van der Waals surface area contributed by atoms with E-state index in [1.807, 2.05) is 0 Å². The topological polar surface area (TPSA) is 119 Å². The van der Waals surface area contributed by atoms with Gasteiger partial charge < -0.3 is 14.6 Å². The van der Waals surface area contributed by atoms with Crippen LogP contribution in [0.5, 0.6) is 10.9 Å². The van der Waals surface area contributed by atoms with Gasteiger partial charge in [0.15, 0.2) is 11.0 Å². The molecule has 12 heteroatoms. The Bertz CT molecular complexity index is 1160. The van der Waals surface area contributed by atoms with Crippen LogP contribution in [0.4, 0.5) is 9.52 Å². The van der Waals surface area contributed by atoms with E-state index in [9.17, 15) is 14.3 Å². The maximum Gasteiger partial charge on any atom is 0.296 e. The summed E-state index contributed by atoms with van der Waals surface area (Å²) in [5.41, 5.74) is 0.904. The number of halogens is 2. The number of anilines is 1. The number of carbonyl (C=O) groups excluding carboxylic acids is 1. The van der Waals surface area contributed by atoms with E-state index in [4.69, 9.17) is 21.1 Å². The molecule has 0 unspecified atom stereocenters. The van der Waals surface area contributed by atoms with Crippen LogP contribution < -0.4 is 14.8 Å². The first-order chi connectivity index (χ1) is 15.4. The third-order valence-electron chi connectivity index (χ3n) is 4.97. The van der Waals surface area contributed by atoms with Crippen molar-refractivity contribution in [2.75, 3.05) is 12.4 Å². The predicted molar refractivity (Wildman–Crippen MR) is 116 cm³/mol. The van der Waals surface area contributed by atoms with Gasteiger partial charge in [-0.15, -0.1) is 5.10 Å². The van der Waals surface area contributed by atoms with Crippen molar-refractivity contribution in [1.82, 2.24) is 20.2 Å². The molecule has 4 rings (SSSR count). The lowest BCUT2D eigenvalue weighted by molar-refractivity contribution is 0.102. The minimum atomic E-state index is -0.809. The molecule has 1 fully saturated rings. The quantitative estimate of drug-likeness (QED) is 0.514. The largest absolute Gasteiger partial charge is 0.494 e. The van der Waals surface area contributed by atoms with Gasteiger partial charge in [-0.1, -0.05) is 16.7 Å². The van der Waals surface area contributed by atoms with Crippen LogP contribution in [0.3, 0.4) is 0 Å². The lowest BCUT2D eigenvalue weighted by Gasteiger charge is -2.14. The van der Waals surface area contributed by atoms with Gasteiger partial charge in [-0.05, 0) is 37.2 Å². The van der Waals surface area contributed by atoms with Gasteiger partial charge in [0.25, 0.3) is 11.1 Å². The zero-order valence-corrected chi connectivity index (χ0v) is 18.7. The SMILES string of the molecule is COc1cnc(Cl)c(F)c1-c1cc(C)ncc1C(=O)Nc1nnc(O[C@@H]2CC[C@H](O)C2)s1. The van der Waals surface area contributed by atoms with Crippen molar-refractivity contribution in [2.45, 2.75) is 38.4 Å². The monoisotopic (exact) mass is 479 g/mol. The van der Waals surface area contributed by atoms with Gasteiger partial charge in [0.2, 0.25) is 5.13 Å². The molecule has 3 aromatic rings. The van der Waals surface area contributed by atoms with Gasteiger partial charge in [0.1, 0.15) is 11.9 Å². The molecular formula is C20H19ClFN5O4S. The van der Waals surface area contributed by atoms with E-state index in [1.54, 1.807) is 13.0 Å². The van der Waals surface area contributed by atoms with Gasteiger partial charge in [-0.3, -0.25) is 15.1 Å². The normalized spacial score (nSPS) is 17.9. The van der Waals surface area contributed by atoms with Crippen molar-refractivity contribution in [1.29, 1.82) is 0 Å². The molecule has 2 atom stereocenters. The Morgan fingerprint density at radius 2 is 2.12 bits per heavy atom. The zero-order valence-electron chi connectivity index (χ0n) is 17.1. The van der Waals surface area contributed by atoms with Crippen LogP contribution in [0, 0.1) is 12.7 Å². The number of amides is 1. The first-order valence-electron chi connectivity index (χ1n) is 9.70.